The molecule has 0 aliphatic carbocycles. The number of halogens is 1. The minimum Gasteiger partial charge on any atom is -0.494 e. The molecule has 4 aromatic rings. The SMILES string of the molecule is CCOc1ccc(NC(=O)c2cc3cc(Cl)ccc3n2NC(=O)C(=O)NCc2ccc(C)cc2)cc1. The van der Waals surface area contributed by atoms with Gasteiger partial charge >= 0.3 is 11.8 Å². The number of nitrogens with zero attached hydrogens (tertiary/aromatic N) is 1. The number of hydrogen-bond donors (Lipinski definition) is 3. The van der Waals surface area contributed by atoms with Crippen LogP contribution in [0.2, 0.25) is 5.02 Å². The molecule has 9 heteroatoms. The lowest BCUT2D eigenvalue weighted by molar-refractivity contribution is -0.136. The van der Waals surface area contributed by atoms with Gasteiger partial charge in [0.05, 0.1) is 12.1 Å². The van der Waals surface area contributed by atoms with E-state index in [4.69, 9.17) is 16.3 Å². The molecule has 0 unspecified atom stereocenters. The van der Waals surface area contributed by atoms with Gasteiger partial charge in [0.1, 0.15) is 11.4 Å². The molecule has 184 valence electrons. The van der Waals surface area contributed by atoms with Crippen molar-refractivity contribution in [2.24, 2.45) is 0 Å². The van der Waals surface area contributed by atoms with Gasteiger partial charge in [0.2, 0.25) is 0 Å². The fourth-order valence-corrected chi connectivity index (χ4v) is 3.77. The van der Waals surface area contributed by atoms with E-state index in [2.05, 4.69) is 16.1 Å². The van der Waals surface area contributed by atoms with Gasteiger partial charge < -0.3 is 15.4 Å². The molecule has 8 nitrogen and oxygen atoms in total. The summed E-state index contributed by atoms with van der Waals surface area (Å²) in [7, 11) is 0. The Balaban J connectivity index is 1.53. The van der Waals surface area contributed by atoms with Gasteiger partial charge in [-0.2, -0.15) is 0 Å². The largest absolute Gasteiger partial charge is 0.494 e. The summed E-state index contributed by atoms with van der Waals surface area (Å²) in [6.07, 6.45) is 0. The maximum Gasteiger partial charge on any atom is 0.328 e. The van der Waals surface area contributed by atoms with E-state index in [0.29, 0.717) is 34.0 Å². The van der Waals surface area contributed by atoms with E-state index in [0.717, 1.165) is 11.1 Å². The maximum absolute atomic E-state index is 13.1. The van der Waals surface area contributed by atoms with E-state index in [9.17, 15) is 14.4 Å². The summed E-state index contributed by atoms with van der Waals surface area (Å²) < 4.78 is 6.71. The van der Waals surface area contributed by atoms with Crippen LogP contribution < -0.4 is 20.8 Å². The van der Waals surface area contributed by atoms with Crippen molar-refractivity contribution in [2.75, 3.05) is 17.3 Å². The second-order valence-corrected chi connectivity index (χ2v) is 8.53. The van der Waals surface area contributed by atoms with Gasteiger partial charge in [0.25, 0.3) is 5.91 Å². The molecule has 0 saturated carbocycles. The molecule has 0 aliphatic rings. The molecule has 3 aromatic carbocycles. The molecular formula is C27H25ClN4O4. The van der Waals surface area contributed by atoms with Crippen molar-refractivity contribution < 1.29 is 19.1 Å². The average molecular weight is 505 g/mol. The highest BCUT2D eigenvalue weighted by atomic mass is 35.5. The Bertz CT molecular complexity index is 1410. The molecule has 1 aromatic heterocycles. The second kappa shape index (κ2) is 11.0. The number of aromatic nitrogens is 1. The quantitative estimate of drug-likeness (QED) is 0.319. The van der Waals surface area contributed by atoms with Crippen molar-refractivity contribution in [3.05, 3.63) is 94.6 Å². The van der Waals surface area contributed by atoms with Crippen molar-refractivity contribution in [1.82, 2.24) is 9.99 Å². The predicted octanol–water partition coefficient (Wildman–Crippen LogP) is 4.64. The summed E-state index contributed by atoms with van der Waals surface area (Å²) >= 11 is 6.12. The van der Waals surface area contributed by atoms with Gasteiger partial charge in [-0.1, -0.05) is 41.4 Å². The standard InChI is InChI=1S/C27H25ClN4O4/c1-3-36-22-11-9-21(10-12-22)30-25(33)24-15-19-14-20(28)8-13-23(19)32(24)31-27(35)26(34)29-16-18-6-4-17(2)5-7-18/h4-15H,3,16H2,1-2H3,(H,29,34)(H,30,33)(H,31,35). The first-order chi connectivity index (χ1) is 17.3. The summed E-state index contributed by atoms with van der Waals surface area (Å²) in [6.45, 7) is 4.58. The maximum atomic E-state index is 13.1. The van der Waals surface area contributed by atoms with Crippen molar-refractivity contribution in [1.29, 1.82) is 0 Å². The lowest BCUT2D eigenvalue weighted by atomic mass is 10.1. The van der Waals surface area contributed by atoms with E-state index in [-0.39, 0.29) is 12.2 Å². The van der Waals surface area contributed by atoms with E-state index in [1.54, 1.807) is 48.5 Å². The lowest BCUT2D eigenvalue weighted by Crippen LogP contribution is -2.39. The van der Waals surface area contributed by atoms with E-state index in [1.807, 2.05) is 38.1 Å². The molecule has 0 aliphatic heterocycles. The van der Waals surface area contributed by atoms with Crippen LogP contribution in [0.1, 0.15) is 28.5 Å². The Kier molecular flexibility index (Phi) is 7.56. The van der Waals surface area contributed by atoms with E-state index in [1.165, 1.54) is 4.68 Å². The summed E-state index contributed by atoms with van der Waals surface area (Å²) in [4.78, 5) is 38.3. The summed E-state index contributed by atoms with van der Waals surface area (Å²) in [5.41, 5.74) is 5.67. The number of amides is 3. The fraction of sp³-hybridized carbons (Fsp3) is 0.148. The minimum atomic E-state index is -0.912. The highest BCUT2D eigenvalue weighted by molar-refractivity contribution is 6.38. The van der Waals surface area contributed by atoms with E-state index >= 15 is 0 Å². The highest BCUT2D eigenvalue weighted by Crippen LogP contribution is 2.24. The van der Waals surface area contributed by atoms with Crippen LogP contribution >= 0.6 is 11.6 Å². The number of carbonyl (C=O) groups excluding carboxylic acids is 3. The van der Waals surface area contributed by atoms with Crippen LogP contribution in [0.25, 0.3) is 10.9 Å². The number of carbonyl (C=O) groups is 3. The molecule has 4 rings (SSSR count). The zero-order chi connectivity index (χ0) is 25.7. The number of ether oxygens (including phenoxy) is 1. The molecule has 1 heterocycles. The van der Waals surface area contributed by atoms with Crippen LogP contribution in [0.3, 0.4) is 0 Å². The first-order valence-corrected chi connectivity index (χ1v) is 11.7. The van der Waals surface area contributed by atoms with Crippen LogP contribution in [-0.2, 0) is 16.1 Å². The third-order valence-electron chi connectivity index (χ3n) is 5.41. The molecule has 0 saturated heterocycles. The zero-order valence-corrected chi connectivity index (χ0v) is 20.6. The molecular weight excluding hydrogens is 480 g/mol. The van der Waals surface area contributed by atoms with Gasteiger partial charge in [0.15, 0.2) is 0 Å². The molecule has 0 fully saturated rings. The third-order valence-corrected chi connectivity index (χ3v) is 5.65. The van der Waals surface area contributed by atoms with Crippen LogP contribution in [0.15, 0.2) is 72.8 Å². The van der Waals surface area contributed by atoms with Gasteiger partial charge in [-0.3, -0.25) is 19.8 Å². The molecule has 3 amide bonds. The smallest absolute Gasteiger partial charge is 0.328 e. The predicted molar refractivity (Wildman–Crippen MR) is 140 cm³/mol. The highest BCUT2D eigenvalue weighted by Gasteiger charge is 2.21. The average Bonchev–Trinajstić information content (AvgIpc) is 3.22. The number of rotatable bonds is 7. The van der Waals surface area contributed by atoms with Crippen molar-refractivity contribution in [3.8, 4) is 5.75 Å². The van der Waals surface area contributed by atoms with Crippen LogP contribution in [0.5, 0.6) is 5.75 Å². The Hall–Kier alpha value is -4.30. The number of fused-ring (bicyclic) bond motifs is 1. The number of aryl methyl sites for hydroxylation is 1. The van der Waals surface area contributed by atoms with Crippen molar-refractivity contribution >= 4 is 45.9 Å². The zero-order valence-electron chi connectivity index (χ0n) is 19.8. The van der Waals surface area contributed by atoms with E-state index < -0.39 is 17.7 Å². The molecule has 0 spiro atoms. The van der Waals surface area contributed by atoms with Crippen molar-refractivity contribution in [3.63, 3.8) is 0 Å². The second-order valence-electron chi connectivity index (χ2n) is 8.09. The Labute approximate surface area is 213 Å². The summed E-state index contributed by atoms with van der Waals surface area (Å²) in [5.74, 6) is -1.54. The number of nitrogens with one attached hydrogen (secondary N) is 3. The third kappa shape index (κ3) is 5.84. The van der Waals surface area contributed by atoms with Gasteiger partial charge in [-0.15, -0.1) is 0 Å². The summed E-state index contributed by atoms with van der Waals surface area (Å²) in [6, 6.07) is 21.1. The monoisotopic (exact) mass is 504 g/mol. The fourth-order valence-electron chi connectivity index (χ4n) is 3.59. The molecule has 36 heavy (non-hydrogen) atoms. The van der Waals surface area contributed by atoms with Crippen molar-refractivity contribution in [2.45, 2.75) is 20.4 Å². The summed E-state index contributed by atoms with van der Waals surface area (Å²) in [5, 5.41) is 6.49. The molecule has 0 atom stereocenters. The van der Waals surface area contributed by atoms with Gasteiger partial charge in [-0.25, -0.2) is 4.68 Å². The Morgan fingerprint density at radius 2 is 1.64 bits per heavy atom. The molecule has 3 N–H and O–H groups in total. The van der Waals surface area contributed by atoms with Gasteiger partial charge in [-0.05, 0) is 67.9 Å². The Morgan fingerprint density at radius 1 is 0.917 bits per heavy atom. The Morgan fingerprint density at radius 3 is 2.33 bits per heavy atom. The lowest BCUT2D eigenvalue weighted by Gasteiger charge is -2.13. The molecule has 0 bridgehead atoms. The number of hydrogen-bond acceptors (Lipinski definition) is 4. The topological polar surface area (TPSA) is 101 Å². The van der Waals surface area contributed by atoms with Crippen LogP contribution in [0.4, 0.5) is 5.69 Å². The first kappa shape index (κ1) is 24.8. The number of benzene rings is 3. The van der Waals surface area contributed by atoms with Gasteiger partial charge in [0, 0.05) is 22.6 Å². The van der Waals surface area contributed by atoms with Crippen LogP contribution in [0, 0.1) is 6.92 Å². The van der Waals surface area contributed by atoms with Crippen LogP contribution in [-0.4, -0.2) is 29.0 Å². The normalized spacial score (nSPS) is 10.6. The molecule has 0 radical (unpaired) electrons. The minimum absolute atomic E-state index is 0.126. The first-order valence-electron chi connectivity index (χ1n) is 11.3. The number of anilines is 1.